The van der Waals surface area contributed by atoms with Gasteiger partial charge in [-0.15, -0.1) is 0 Å². The van der Waals surface area contributed by atoms with E-state index in [9.17, 15) is 9.90 Å². The number of methoxy groups -OCH3 is 1. The molecule has 1 atom stereocenters. The topological polar surface area (TPSA) is 58.6 Å². The van der Waals surface area contributed by atoms with Crippen molar-refractivity contribution in [2.45, 2.75) is 27.2 Å². The van der Waals surface area contributed by atoms with Gasteiger partial charge in [-0.05, 0) is 31.0 Å². The highest BCUT2D eigenvalue weighted by Crippen LogP contribution is 2.24. The lowest BCUT2D eigenvalue weighted by Crippen LogP contribution is -2.29. The van der Waals surface area contributed by atoms with Gasteiger partial charge in [0.1, 0.15) is 0 Å². The summed E-state index contributed by atoms with van der Waals surface area (Å²) in [4.78, 5) is 11.6. The van der Waals surface area contributed by atoms with E-state index in [4.69, 9.17) is 4.74 Å². The van der Waals surface area contributed by atoms with Crippen LogP contribution in [0.15, 0.2) is 18.2 Å². The molecular weight excluding hydrogens is 242 g/mol. The van der Waals surface area contributed by atoms with Gasteiger partial charge in [0, 0.05) is 17.6 Å². The van der Waals surface area contributed by atoms with E-state index in [-0.39, 0.29) is 18.0 Å². The van der Waals surface area contributed by atoms with Crippen LogP contribution in [0.2, 0.25) is 0 Å². The minimum Gasteiger partial charge on any atom is -0.465 e. The van der Waals surface area contributed by atoms with Gasteiger partial charge in [-0.1, -0.05) is 19.9 Å². The smallest absolute Gasteiger partial charge is 0.338 e. The molecule has 0 saturated heterocycles. The minimum atomic E-state index is -0.332. The van der Waals surface area contributed by atoms with Crippen LogP contribution >= 0.6 is 0 Å². The number of carbonyl (C=O) groups is 1. The van der Waals surface area contributed by atoms with Gasteiger partial charge in [0.15, 0.2) is 0 Å². The first-order valence-electron chi connectivity index (χ1n) is 6.50. The lowest BCUT2D eigenvalue weighted by atomic mass is 9.88. The van der Waals surface area contributed by atoms with Crippen LogP contribution < -0.4 is 5.32 Å². The molecule has 1 rings (SSSR count). The Morgan fingerprint density at radius 3 is 2.68 bits per heavy atom. The Labute approximate surface area is 114 Å². The molecule has 0 aliphatic carbocycles. The fourth-order valence-corrected chi connectivity index (χ4v) is 1.76. The average Bonchev–Trinajstić information content (AvgIpc) is 2.45. The summed E-state index contributed by atoms with van der Waals surface area (Å²) in [6.45, 7) is 6.75. The Kier molecular flexibility index (Phi) is 5.36. The third-order valence-electron chi connectivity index (χ3n) is 3.68. The molecule has 0 aliphatic rings. The lowest BCUT2D eigenvalue weighted by Gasteiger charge is -2.27. The van der Waals surface area contributed by atoms with Crippen LogP contribution in [-0.2, 0) is 4.74 Å². The summed E-state index contributed by atoms with van der Waals surface area (Å²) in [5.74, 6) is -0.332. The second kappa shape index (κ2) is 6.57. The standard InChI is InChI=1S/C15H23NO3/c1-5-15(3,10-17)9-16-13-8-6-7-12(11(13)2)14(18)19-4/h6-8,16-17H,5,9-10H2,1-4H3. The number of hydrogen-bond acceptors (Lipinski definition) is 4. The second-order valence-electron chi connectivity index (χ2n) is 5.15. The zero-order valence-corrected chi connectivity index (χ0v) is 12.1. The number of anilines is 1. The molecule has 19 heavy (non-hydrogen) atoms. The van der Waals surface area contributed by atoms with Crippen molar-refractivity contribution in [3.05, 3.63) is 29.3 Å². The predicted octanol–water partition coefficient (Wildman–Crippen LogP) is 2.60. The fraction of sp³-hybridized carbons (Fsp3) is 0.533. The Bertz CT molecular complexity index is 439. The normalized spacial score (nSPS) is 13.7. The van der Waals surface area contributed by atoms with Crippen LogP contribution in [-0.4, -0.2) is 31.3 Å². The molecule has 0 radical (unpaired) electrons. The molecule has 1 aromatic rings. The maximum atomic E-state index is 11.6. The van der Waals surface area contributed by atoms with E-state index < -0.39 is 0 Å². The highest BCUT2D eigenvalue weighted by molar-refractivity contribution is 5.92. The largest absolute Gasteiger partial charge is 0.465 e. The minimum absolute atomic E-state index is 0.131. The van der Waals surface area contributed by atoms with Gasteiger partial charge >= 0.3 is 5.97 Å². The summed E-state index contributed by atoms with van der Waals surface area (Å²) in [6, 6.07) is 5.50. The van der Waals surface area contributed by atoms with Crippen LogP contribution in [0.3, 0.4) is 0 Å². The second-order valence-corrected chi connectivity index (χ2v) is 5.15. The highest BCUT2D eigenvalue weighted by Gasteiger charge is 2.21. The van der Waals surface area contributed by atoms with Gasteiger partial charge in [-0.3, -0.25) is 0 Å². The zero-order valence-electron chi connectivity index (χ0n) is 12.1. The summed E-state index contributed by atoms with van der Waals surface area (Å²) in [6.07, 6.45) is 0.881. The highest BCUT2D eigenvalue weighted by atomic mass is 16.5. The van der Waals surface area contributed by atoms with Crippen LogP contribution in [0, 0.1) is 12.3 Å². The molecular formula is C15H23NO3. The molecule has 2 N–H and O–H groups in total. The van der Waals surface area contributed by atoms with E-state index in [1.807, 2.05) is 26.0 Å². The van der Waals surface area contributed by atoms with Gasteiger partial charge in [0.25, 0.3) is 0 Å². The quantitative estimate of drug-likeness (QED) is 0.776. The maximum Gasteiger partial charge on any atom is 0.338 e. The van der Waals surface area contributed by atoms with Crippen molar-refractivity contribution in [3.8, 4) is 0 Å². The number of esters is 1. The molecule has 106 valence electrons. The van der Waals surface area contributed by atoms with E-state index in [2.05, 4.69) is 12.2 Å². The van der Waals surface area contributed by atoms with E-state index in [0.29, 0.717) is 12.1 Å². The number of nitrogens with one attached hydrogen (secondary N) is 1. The van der Waals surface area contributed by atoms with E-state index in [0.717, 1.165) is 17.7 Å². The van der Waals surface area contributed by atoms with Gasteiger partial charge < -0.3 is 15.2 Å². The summed E-state index contributed by atoms with van der Waals surface area (Å²) < 4.78 is 4.75. The summed E-state index contributed by atoms with van der Waals surface area (Å²) in [7, 11) is 1.38. The van der Waals surface area contributed by atoms with Crippen LogP contribution in [0.25, 0.3) is 0 Å². The maximum absolute atomic E-state index is 11.6. The monoisotopic (exact) mass is 265 g/mol. The summed E-state index contributed by atoms with van der Waals surface area (Å²) in [5.41, 5.74) is 2.17. The van der Waals surface area contributed by atoms with Crippen molar-refractivity contribution in [1.29, 1.82) is 0 Å². The molecule has 0 saturated carbocycles. The molecule has 0 amide bonds. The number of aliphatic hydroxyl groups is 1. The van der Waals surface area contributed by atoms with Gasteiger partial charge in [-0.25, -0.2) is 4.79 Å². The molecule has 0 heterocycles. The SMILES string of the molecule is CCC(C)(CO)CNc1cccc(C(=O)OC)c1C. The predicted molar refractivity (Wildman–Crippen MR) is 76.5 cm³/mol. The molecule has 0 bridgehead atoms. The van der Waals surface area contributed by atoms with Crippen molar-refractivity contribution < 1.29 is 14.6 Å². The number of aliphatic hydroxyl groups excluding tert-OH is 1. The molecule has 0 aromatic heterocycles. The summed E-state index contributed by atoms with van der Waals surface area (Å²) >= 11 is 0. The zero-order chi connectivity index (χ0) is 14.5. The molecule has 4 nitrogen and oxygen atoms in total. The van der Waals surface area contributed by atoms with E-state index in [1.54, 1.807) is 6.07 Å². The van der Waals surface area contributed by atoms with Crippen molar-refractivity contribution >= 4 is 11.7 Å². The van der Waals surface area contributed by atoms with Gasteiger partial charge in [-0.2, -0.15) is 0 Å². The van der Waals surface area contributed by atoms with Crippen molar-refractivity contribution in [2.24, 2.45) is 5.41 Å². The molecule has 0 aliphatic heterocycles. The van der Waals surface area contributed by atoms with E-state index >= 15 is 0 Å². The molecule has 1 unspecified atom stereocenters. The first-order chi connectivity index (χ1) is 8.97. The Morgan fingerprint density at radius 2 is 2.16 bits per heavy atom. The van der Waals surface area contributed by atoms with Gasteiger partial charge in [0.05, 0.1) is 19.3 Å². The summed E-state index contributed by atoms with van der Waals surface area (Å²) in [5, 5.41) is 12.7. The number of hydrogen-bond donors (Lipinski definition) is 2. The number of benzene rings is 1. The van der Waals surface area contributed by atoms with Crippen LogP contribution in [0.4, 0.5) is 5.69 Å². The first-order valence-corrected chi connectivity index (χ1v) is 6.50. The van der Waals surface area contributed by atoms with E-state index in [1.165, 1.54) is 7.11 Å². The third-order valence-corrected chi connectivity index (χ3v) is 3.68. The van der Waals surface area contributed by atoms with Crippen molar-refractivity contribution in [3.63, 3.8) is 0 Å². The van der Waals surface area contributed by atoms with Crippen molar-refractivity contribution in [1.82, 2.24) is 0 Å². The number of ether oxygens (including phenoxy) is 1. The lowest BCUT2D eigenvalue weighted by molar-refractivity contribution is 0.0600. The molecule has 1 aromatic carbocycles. The van der Waals surface area contributed by atoms with Crippen LogP contribution in [0.5, 0.6) is 0 Å². The Morgan fingerprint density at radius 1 is 1.47 bits per heavy atom. The Hall–Kier alpha value is -1.55. The van der Waals surface area contributed by atoms with Crippen molar-refractivity contribution in [2.75, 3.05) is 25.6 Å². The van der Waals surface area contributed by atoms with Crippen LogP contribution in [0.1, 0.15) is 36.2 Å². The number of carbonyl (C=O) groups excluding carboxylic acids is 1. The fourth-order valence-electron chi connectivity index (χ4n) is 1.76. The number of rotatable bonds is 6. The molecule has 4 heteroatoms. The third kappa shape index (κ3) is 3.70. The molecule has 0 spiro atoms. The van der Waals surface area contributed by atoms with Gasteiger partial charge in [0.2, 0.25) is 0 Å². The Balaban J connectivity index is 2.88. The molecule has 0 fully saturated rings. The average molecular weight is 265 g/mol. The first kappa shape index (κ1) is 15.5.